The Morgan fingerprint density at radius 2 is 2.17 bits per heavy atom. The van der Waals surface area contributed by atoms with Gasteiger partial charge in [-0.25, -0.2) is 0 Å². The summed E-state index contributed by atoms with van der Waals surface area (Å²) in [5, 5.41) is 2.82. The van der Waals surface area contributed by atoms with Crippen LogP contribution in [0.2, 0.25) is 0 Å². The summed E-state index contributed by atoms with van der Waals surface area (Å²) in [7, 11) is 0. The Labute approximate surface area is 79.7 Å². The topological polar surface area (TPSA) is 29.1 Å². The normalized spacial score (nSPS) is 10.3. The lowest BCUT2D eigenvalue weighted by Crippen LogP contribution is -2.24. The molecule has 0 aliphatic rings. The molecular formula is C9H18ClNO. The average molecular weight is 192 g/mol. The van der Waals surface area contributed by atoms with Crippen molar-refractivity contribution >= 4 is 17.5 Å². The van der Waals surface area contributed by atoms with Crippen molar-refractivity contribution in [2.75, 3.05) is 12.4 Å². The zero-order valence-electron chi connectivity index (χ0n) is 7.90. The molecule has 0 atom stereocenters. The number of amides is 1. The first kappa shape index (κ1) is 11.8. The van der Waals surface area contributed by atoms with E-state index in [2.05, 4.69) is 19.2 Å². The third-order valence-corrected chi connectivity index (χ3v) is 1.85. The van der Waals surface area contributed by atoms with E-state index in [4.69, 9.17) is 11.6 Å². The van der Waals surface area contributed by atoms with Gasteiger partial charge < -0.3 is 5.32 Å². The second-order valence-corrected chi connectivity index (χ2v) is 3.70. The molecule has 0 aliphatic carbocycles. The average Bonchev–Trinajstić information content (AvgIpc) is 2.01. The first-order chi connectivity index (χ1) is 5.66. The van der Waals surface area contributed by atoms with E-state index in [1.54, 1.807) is 0 Å². The molecule has 0 aromatic heterocycles. The number of carbonyl (C=O) groups excluding carboxylic acids is 1. The second kappa shape index (κ2) is 7.41. The minimum Gasteiger partial charge on any atom is -0.356 e. The van der Waals surface area contributed by atoms with Crippen LogP contribution in [0.15, 0.2) is 0 Å². The van der Waals surface area contributed by atoms with Gasteiger partial charge in [0.2, 0.25) is 5.91 Å². The van der Waals surface area contributed by atoms with Gasteiger partial charge >= 0.3 is 0 Å². The zero-order chi connectivity index (χ0) is 9.40. The van der Waals surface area contributed by atoms with Crippen LogP contribution >= 0.6 is 11.6 Å². The van der Waals surface area contributed by atoms with E-state index in [-0.39, 0.29) is 5.91 Å². The molecule has 0 radical (unpaired) electrons. The van der Waals surface area contributed by atoms with Gasteiger partial charge in [-0.15, -0.1) is 11.6 Å². The van der Waals surface area contributed by atoms with Crippen LogP contribution in [0, 0.1) is 5.92 Å². The highest BCUT2D eigenvalue weighted by molar-refractivity contribution is 6.17. The maximum Gasteiger partial charge on any atom is 0.220 e. The quantitative estimate of drug-likeness (QED) is 0.506. The van der Waals surface area contributed by atoms with Crippen LogP contribution in [0.1, 0.15) is 33.1 Å². The minimum atomic E-state index is 0.147. The number of nitrogens with one attached hydrogen (secondary N) is 1. The van der Waals surface area contributed by atoms with E-state index in [9.17, 15) is 4.79 Å². The van der Waals surface area contributed by atoms with Gasteiger partial charge in [-0.05, 0) is 18.8 Å². The van der Waals surface area contributed by atoms with E-state index in [0.717, 1.165) is 12.8 Å². The van der Waals surface area contributed by atoms with Gasteiger partial charge in [0.15, 0.2) is 0 Å². The molecule has 1 N–H and O–H groups in total. The molecule has 0 aliphatic heterocycles. The van der Waals surface area contributed by atoms with E-state index < -0.39 is 0 Å². The van der Waals surface area contributed by atoms with Crippen molar-refractivity contribution in [3.8, 4) is 0 Å². The predicted molar refractivity (Wildman–Crippen MR) is 52.4 cm³/mol. The fourth-order valence-electron chi connectivity index (χ4n) is 0.803. The number of carbonyl (C=O) groups is 1. The van der Waals surface area contributed by atoms with E-state index in [1.807, 2.05) is 0 Å². The SMILES string of the molecule is CC(C)CCC(=O)NCCCCl. The molecule has 3 heteroatoms. The summed E-state index contributed by atoms with van der Waals surface area (Å²) in [6, 6.07) is 0. The largest absolute Gasteiger partial charge is 0.356 e. The van der Waals surface area contributed by atoms with Crippen LogP contribution < -0.4 is 5.32 Å². The van der Waals surface area contributed by atoms with Crippen molar-refractivity contribution in [3.63, 3.8) is 0 Å². The monoisotopic (exact) mass is 191 g/mol. The summed E-state index contributed by atoms with van der Waals surface area (Å²) < 4.78 is 0. The van der Waals surface area contributed by atoms with Crippen molar-refractivity contribution in [1.29, 1.82) is 0 Å². The summed E-state index contributed by atoms with van der Waals surface area (Å²) in [5.74, 6) is 1.36. The van der Waals surface area contributed by atoms with Crippen LogP contribution in [-0.4, -0.2) is 18.3 Å². The molecule has 0 rings (SSSR count). The molecule has 0 fully saturated rings. The third-order valence-electron chi connectivity index (χ3n) is 1.58. The minimum absolute atomic E-state index is 0.147. The Morgan fingerprint density at radius 3 is 2.67 bits per heavy atom. The summed E-state index contributed by atoms with van der Waals surface area (Å²) in [5.41, 5.74) is 0. The maximum absolute atomic E-state index is 11.1. The highest BCUT2D eigenvalue weighted by atomic mass is 35.5. The van der Waals surface area contributed by atoms with E-state index >= 15 is 0 Å². The zero-order valence-corrected chi connectivity index (χ0v) is 8.66. The lowest BCUT2D eigenvalue weighted by Gasteiger charge is -2.05. The molecule has 0 unspecified atom stereocenters. The molecule has 0 heterocycles. The van der Waals surface area contributed by atoms with Gasteiger partial charge in [-0.1, -0.05) is 13.8 Å². The van der Waals surface area contributed by atoms with Gasteiger partial charge in [0.1, 0.15) is 0 Å². The van der Waals surface area contributed by atoms with Gasteiger partial charge in [-0.2, -0.15) is 0 Å². The standard InChI is InChI=1S/C9H18ClNO/c1-8(2)4-5-9(12)11-7-3-6-10/h8H,3-7H2,1-2H3,(H,11,12). The van der Waals surface area contributed by atoms with Gasteiger partial charge in [0.25, 0.3) is 0 Å². The Balaban J connectivity index is 3.22. The molecule has 2 nitrogen and oxygen atoms in total. The predicted octanol–water partition coefficient (Wildman–Crippen LogP) is 2.17. The van der Waals surface area contributed by atoms with Crippen molar-refractivity contribution in [3.05, 3.63) is 0 Å². The molecule has 0 aromatic rings. The van der Waals surface area contributed by atoms with Crippen LogP contribution in [0.5, 0.6) is 0 Å². The van der Waals surface area contributed by atoms with E-state index in [1.165, 1.54) is 0 Å². The molecule has 0 bridgehead atoms. The Bertz CT molecular complexity index is 126. The highest BCUT2D eigenvalue weighted by Crippen LogP contribution is 2.02. The van der Waals surface area contributed by atoms with Crippen LogP contribution in [0.3, 0.4) is 0 Å². The molecule has 72 valence electrons. The molecular weight excluding hydrogens is 174 g/mol. The summed E-state index contributed by atoms with van der Waals surface area (Å²) in [6.45, 7) is 4.94. The lowest BCUT2D eigenvalue weighted by molar-refractivity contribution is -0.121. The Hall–Kier alpha value is -0.240. The number of halogens is 1. The van der Waals surface area contributed by atoms with Crippen molar-refractivity contribution in [1.82, 2.24) is 5.32 Å². The molecule has 1 amide bonds. The summed E-state index contributed by atoms with van der Waals surface area (Å²) in [6.07, 6.45) is 2.46. The van der Waals surface area contributed by atoms with Crippen molar-refractivity contribution in [2.45, 2.75) is 33.1 Å². The lowest BCUT2D eigenvalue weighted by atomic mass is 10.1. The molecule has 0 saturated carbocycles. The van der Waals surface area contributed by atoms with Crippen LogP contribution in [0.25, 0.3) is 0 Å². The summed E-state index contributed by atoms with van der Waals surface area (Å²) >= 11 is 5.46. The highest BCUT2D eigenvalue weighted by Gasteiger charge is 2.01. The Kier molecular flexibility index (Phi) is 7.26. The Morgan fingerprint density at radius 1 is 1.50 bits per heavy atom. The van der Waals surface area contributed by atoms with Gasteiger partial charge in [0.05, 0.1) is 0 Å². The first-order valence-corrected chi connectivity index (χ1v) is 5.03. The number of hydrogen-bond donors (Lipinski definition) is 1. The van der Waals surface area contributed by atoms with Crippen LogP contribution in [0.4, 0.5) is 0 Å². The van der Waals surface area contributed by atoms with Crippen molar-refractivity contribution < 1.29 is 4.79 Å². The second-order valence-electron chi connectivity index (χ2n) is 3.33. The molecule has 12 heavy (non-hydrogen) atoms. The fraction of sp³-hybridized carbons (Fsp3) is 0.889. The summed E-state index contributed by atoms with van der Waals surface area (Å²) in [4.78, 5) is 11.1. The third kappa shape index (κ3) is 7.86. The van der Waals surface area contributed by atoms with Gasteiger partial charge in [-0.3, -0.25) is 4.79 Å². The number of rotatable bonds is 6. The maximum atomic E-state index is 11.1. The van der Waals surface area contributed by atoms with Crippen molar-refractivity contribution in [2.24, 2.45) is 5.92 Å². The van der Waals surface area contributed by atoms with Gasteiger partial charge in [0, 0.05) is 18.8 Å². The number of alkyl halides is 1. The number of hydrogen-bond acceptors (Lipinski definition) is 1. The molecule has 0 spiro atoms. The van der Waals surface area contributed by atoms with Crippen LogP contribution in [-0.2, 0) is 4.79 Å². The fourth-order valence-corrected chi connectivity index (χ4v) is 0.936. The van der Waals surface area contributed by atoms with E-state index in [0.29, 0.717) is 24.8 Å². The molecule has 0 saturated heterocycles. The smallest absolute Gasteiger partial charge is 0.220 e. The first-order valence-electron chi connectivity index (χ1n) is 4.49. The molecule has 0 aromatic carbocycles.